The van der Waals surface area contributed by atoms with Gasteiger partial charge in [0.15, 0.2) is 0 Å². The molecule has 1 aliphatic heterocycles. The monoisotopic (exact) mass is 415 g/mol. The Hall–Kier alpha value is -3.46. The highest BCUT2D eigenvalue weighted by atomic mass is 16.2. The van der Waals surface area contributed by atoms with Crippen molar-refractivity contribution in [3.63, 3.8) is 0 Å². The van der Waals surface area contributed by atoms with E-state index in [9.17, 15) is 14.4 Å². The van der Waals surface area contributed by atoms with E-state index in [-0.39, 0.29) is 36.6 Å². The molecular formula is C25H25N3O3. The molecule has 31 heavy (non-hydrogen) atoms. The largest absolute Gasteiger partial charge is 0.327 e. The second-order valence-electron chi connectivity index (χ2n) is 8.20. The molecule has 1 aliphatic carbocycles. The van der Waals surface area contributed by atoms with Gasteiger partial charge in [-0.05, 0) is 42.7 Å². The molecule has 0 radical (unpaired) electrons. The minimum absolute atomic E-state index is 0.00410. The Morgan fingerprint density at radius 3 is 2.32 bits per heavy atom. The Kier molecular flexibility index (Phi) is 6.13. The van der Waals surface area contributed by atoms with Gasteiger partial charge in [0, 0.05) is 6.04 Å². The number of carbonyl (C=O) groups excluding carboxylic acids is 3. The second-order valence-corrected chi connectivity index (χ2v) is 8.20. The number of nitriles is 1. The highest BCUT2D eigenvalue weighted by Gasteiger charge is 2.46. The summed E-state index contributed by atoms with van der Waals surface area (Å²) in [7, 11) is 0. The fraction of sp³-hybridized carbons (Fsp3) is 0.360. The molecule has 2 aromatic carbocycles. The van der Waals surface area contributed by atoms with Crippen LogP contribution >= 0.6 is 0 Å². The van der Waals surface area contributed by atoms with E-state index in [1.165, 1.54) is 0 Å². The zero-order valence-electron chi connectivity index (χ0n) is 17.4. The van der Waals surface area contributed by atoms with Crippen molar-refractivity contribution in [2.45, 2.75) is 57.0 Å². The first-order valence-electron chi connectivity index (χ1n) is 10.8. The van der Waals surface area contributed by atoms with Crippen LogP contribution < -0.4 is 4.90 Å². The van der Waals surface area contributed by atoms with E-state index in [4.69, 9.17) is 5.26 Å². The zero-order chi connectivity index (χ0) is 21.8. The maximum atomic E-state index is 13.4. The molecule has 0 spiro atoms. The van der Waals surface area contributed by atoms with Crippen LogP contribution in [0.1, 0.15) is 49.7 Å². The first-order chi connectivity index (χ1) is 15.1. The quantitative estimate of drug-likeness (QED) is 0.699. The predicted molar refractivity (Wildman–Crippen MR) is 116 cm³/mol. The Balaban J connectivity index is 1.61. The lowest BCUT2D eigenvalue weighted by Crippen LogP contribution is -2.51. The van der Waals surface area contributed by atoms with Crippen LogP contribution in [-0.2, 0) is 20.8 Å². The van der Waals surface area contributed by atoms with Gasteiger partial charge in [0.1, 0.15) is 6.04 Å². The third kappa shape index (κ3) is 4.36. The Morgan fingerprint density at radius 2 is 1.68 bits per heavy atom. The lowest BCUT2D eigenvalue weighted by atomic mass is 9.92. The number of carbonyl (C=O) groups is 3. The molecule has 0 N–H and O–H groups in total. The van der Waals surface area contributed by atoms with Crippen molar-refractivity contribution in [2.24, 2.45) is 0 Å². The number of nitrogens with zero attached hydrogens (tertiary/aromatic N) is 3. The molecule has 3 amide bonds. The first-order valence-corrected chi connectivity index (χ1v) is 10.8. The van der Waals surface area contributed by atoms with Gasteiger partial charge in [-0.15, -0.1) is 0 Å². The fourth-order valence-electron chi connectivity index (χ4n) is 4.64. The van der Waals surface area contributed by atoms with Gasteiger partial charge < -0.3 is 4.90 Å². The predicted octanol–water partition coefficient (Wildman–Crippen LogP) is 3.59. The molecule has 1 saturated heterocycles. The number of benzene rings is 2. The third-order valence-electron chi connectivity index (χ3n) is 6.17. The van der Waals surface area contributed by atoms with E-state index in [1.807, 2.05) is 36.4 Å². The molecule has 6 nitrogen and oxygen atoms in total. The van der Waals surface area contributed by atoms with Gasteiger partial charge in [0.2, 0.25) is 11.8 Å². The van der Waals surface area contributed by atoms with Crippen molar-refractivity contribution in [1.82, 2.24) is 4.90 Å². The van der Waals surface area contributed by atoms with E-state index >= 15 is 0 Å². The number of imide groups is 1. The van der Waals surface area contributed by atoms with Gasteiger partial charge in [0.25, 0.3) is 5.91 Å². The normalized spacial score (nSPS) is 19.3. The molecule has 2 aliphatic rings. The van der Waals surface area contributed by atoms with Crippen molar-refractivity contribution in [1.29, 1.82) is 5.26 Å². The summed E-state index contributed by atoms with van der Waals surface area (Å²) in [5.41, 5.74) is 1.80. The number of anilines is 1. The third-order valence-corrected chi connectivity index (χ3v) is 6.17. The maximum Gasteiger partial charge on any atom is 0.257 e. The smallest absolute Gasteiger partial charge is 0.257 e. The summed E-state index contributed by atoms with van der Waals surface area (Å²) >= 11 is 0. The summed E-state index contributed by atoms with van der Waals surface area (Å²) in [6.07, 6.45) is 5.10. The van der Waals surface area contributed by atoms with Gasteiger partial charge >= 0.3 is 0 Å². The molecule has 0 bridgehead atoms. The lowest BCUT2D eigenvalue weighted by molar-refractivity contribution is -0.141. The highest BCUT2D eigenvalue weighted by molar-refractivity contribution is 6.23. The molecule has 1 unspecified atom stereocenters. The first kappa shape index (κ1) is 20.8. The van der Waals surface area contributed by atoms with E-state index in [1.54, 1.807) is 29.2 Å². The van der Waals surface area contributed by atoms with Crippen LogP contribution in [0.25, 0.3) is 0 Å². The SMILES string of the molecule is N#Cc1ccc(N2C(=O)CC(N(C(=O)Cc3ccccc3)C3CCCCC3)C2=O)cc1. The van der Waals surface area contributed by atoms with Crippen molar-refractivity contribution >= 4 is 23.4 Å². The van der Waals surface area contributed by atoms with Crippen molar-refractivity contribution < 1.29 is 14.4 Å². The average Bonchev–Trinajstić information content (AvgIpc) is 3.09. The average molecular weight is 415 g/mol. The summed E-state index contributed by atoms with van der Waals surface area (Å²) < 4.78 is 0. The van der Waals surface area contributed by atoms with Crippen molar-refractivity contribution in [2.75, 3.05) is 4.90 Å². The van der Waals surface area contributed by atoms with E-state index in [0.29, 0.717) is 11.3 Å². The standard InChI is InChI=1S/C25H25N3O3/c26-17-19-11-13-21(14-12-19)28-24(30)16-22(25(28)31)27(20-9-5-2-6-10-20)23(29)15-18-7-3-1-4-8-18/h1,3-4,7-8,11-14,20,22H,2,5-6,9-10,15-16H2. The van der Waals surface area contributed by atoms with Crippen molar-refractivity contribution in [3.05, 3.63) is 65.7 Å². The van der Waals surface area contributed by atoms with Gasteiger partial charge in [-0.3, -0.25) is 14.4 Å². The van der Waals surface area contributed by atoms with Crippen molar-refractivity contribution in [3.8, 4) is 6.07 Å². The van der Waals surface area contributed by atoms with Crippen LogP contribution in [-0.4, -0.2) is 34.7 Å². The number of hydrogen-bond acceptors (Lipinski definition) is 4. The molecule has 0 aromatic heterocycles. The van der Waals surface area contributed by atoms with Crippen LogP contribution in [0.4, 0.5) is 5.69 Å². The van der Waals surface area contributed by atoms with E-state index < -0.39 is 6.04 Å². The van der Waals surface area contributed by atoms with Gasteiger partial charge in [0.05, 0.1) is 30.2 Å². The minimum Gasteiger partial charge on any atom is -0.327 e. The maximum absolute atomic E-state index is 13.4. The molecule has 1 saturated carbocycles. The molecule has 158 valence electrons. The summed E-state index contributed by atoms with van der Waals surface area (Å²) in [5.74, 6) is -0.777. The second kappa shape index (κ2) is 9.13. The van der Waals surface area contributed by atoms with Crippen LogP contribution in [0.5, 0.6) is 0 Å². The zero-order valence-corrected chi connectivity index (χ0v) is 17.4. The number of hydrogen-bond donors (Lipinski definition) is 0. The Labute approximate surface area is 182 Å². The van der Waals surface area contributed by atoms with Gasteiger partial charge in [-0.2, -0.15) is 5.26 Å². The topological polar surface area (TPSA) is 81.5 Å². The summed E-state index contributed by atoms with van der Waals surface area (Å²) in [4.78, 5) is 42.4. The number of rotatable bonds is 5. The molecule has 1 atom stereocenters. The lowest BCUT2D eigenvalue weighted by Gasteiger charge is -2.37. The summed E-state index contributed by atoms with van der Waals surface area (Å²) in [6.45, 7) is 0. The summed E-state index contributed by atoms with van der Waals surface area (Å²) in [6, 6.07) is 17.1. The molecule has 6 heteroatoms. The van der Waals surface area contributed by atoms with Gasteiger partial charge in [-0.1, -0.05) is 49.6 Å². The molecule has 2 aromatic rings. The molecule has 2 fully saturated rings. The van der Waals surface area contributed by atoms with Crippen LogP contribution in [0.2, 0.25) is 0 Å². The highest BCUT2D eigenvalue weighted by Crippen LogP contribution is 2.31. The molecule has 1 heterocycles. The van der Waals surface area contributed by atoms with E-state index in [0.717, 1.165) is 42.6 Å². The summed E-state index contributed by atoms with van der Waals surface area (Å²) in [5, 5.41) is 9.00. The Bertz CT molecular complexity index is 1000. The van der Waals surface area contributed by atoms with Crippen LogP contribution in [0.15, 0.2) is 54.6 Å². The number of amides is 3. The van der Waals surface area contributed by atoms with E-state index in [2.05, 4.69) is 0 Å². The molecular weight excluding hydrogens is 390 g/mol. The molecule has 4 rings (SSSR count). The minimum atomic E-state index is -0.776. The van der Waals surface area contributed by atoms with Crippen LogP contribution in [0.3, 0.4) is 0 Å². The Morgan fingerprint density at radius 1 is 1.00 bits per heavy atom. The van der Waals surface area contributed by atoms with Crippen LogP contribution in [0, 0.1) is 11.3 Å². The van der Waals surface area contributed by atoms with Gasteiger partial charge in [-0.25, -0.2) is 4.90 Å². The fourth-order valence-corrected chi connectivity index (χ4v) is 4.64.